The van der Waals surface area contributed by atoms with Crippen molar-refractivity contribution in [3.8, 4) is 11.8 Å². The topological polar surface area (TPSA) is 115 Å². The molecule has 10 nitrogen and oxygen atoms in total. The number of hydrogen-bond acceptors (Lipinski definition) is 8. The van der Waals surface area contributed by atoms with Crippen LogP contribution in [0.25, 0.3) is 11.2 Å². The summed E-state index contributed by atoms with van der Waals surface area (Å²) in [5, 5.41) is 12.7. The van der Waals surface area contributed by atoms with Crippen LogP contribution in [-0.4, -0.2) is 75.8 Å². The highest BCUT2D eigenvalue weighted by atomic mass is 32.2. The van der Waals surface area contributed by atoms with E-state index in [4.69, 9.17) is 9.84 Å². The van der Waals surface area contributed by atoms with Crippen molar-refractivity contribution in [3.05, 3.63) is 10.4 Å². The van der Waals surface area contributed by atoms with Gasteiger partial charge in [-0.05, 0) is 6.92 Å². The third kappa shape index (κ3) is 4.72. The lowest BCUT2D eigenvalue weighted by Crippen LogP contribution is -2.44. The van der Waals surface area contributed by atoms with Crippen LogP contribution in [0.3, 0.4) is 0 Å². The lowest BCUT2D eigenvalue weighted by atomic mass is 10.4. The largest absolute Gasteiger partial charge is 0.481 e. The fourth-order valence-corrected chi connectivity index (χ4v) is 3.85. The highest BCUT2D eigenvalue weighted by Gasteiger charge is 2.24. The lowest BCUT2D eigenvalue weighted by molar-refractivity contribution is -0.133. The first-order valence-corrected chi connectivity index (χ1v) is 10.2. The van der Waals surface area contributed by atoms with Crippen molar-refractivity contribution in [2.24, 2.45) is 0 Å². The summed E-state index contributed by atoms with van der Waals surface area (Å²) in [4.78, 5) is 35.6. The quantitative estimate of drug-likeness (QED) is 0.342. The van der Waals surface area contributed by atoms with Gasteiger partial charge in [0.25, 0.3) is 5.56 Å². The van der Waals surface area contributed by atoms with Gasteiger partial charge in [-0.3, -0.25) is 18.7 Å². The van der Waals surface area contributed by atoms with E-state index in [1.165, 1.54) is 4.57 Å². The first kappa shape index (κ1) is 21.2. The van der Waals surface area contributed by atoms with E-state index in [1.54, 1.807) is 18.6 Å². The number of piperazine rings is 1. The molecule has 0 unspecified atom stereocenters. The average molecular weight is 420 g/mol. The molecule has 3 heterocycles. The fourth-order valence-electron chi connectivity index (χ4n) is 3.11. The molecule has 1 aliphatic rings. The molecule has 0 aromatic carbocycles. The van der Waals surface area contributed by atoms with Gasteiger partial charge in [0.15, 0.2) is 16.3 Å². The lowest BCUT2D eigenvalue weighted by Gasteiger charge is -2.28. The molecule has 11 heteroatoms. The Kier molecular flexibility index (Phi) is 7.13. The highest BCUT2D eigenvalue weighted by Crippen LogP contribution is 2.23. The summed E-state index contributed by atoms with van der Waals surface area (Å²) >= 11 is 0.999. The molecule has 0 saturated carbocycles. The number of aromatic nitrogens is 4. The molecule has 0 bridgehead atoms. The van der Waals surface area contributed by atoms with Crippen LogP contribution in [0, 0.1) is 11.8 Å². The molecule has 0 atom stereocenters. The standard InChI is InChI=1S/C18H24N6O4S/c1-3-4-7-23-14-15(20-17(23)22-8-5-19-6-9-22)21-18(29-12-13(25)26)24(16(14)27)10-11-28-2/h19H,5-12H2,1-2H3,(H,25,26). The first-order chi connectivity index (χ1) is 14.1. The van der Waals surface area contributed by atoms with Crippen molar-refractivity contribution in [1.82, 2.24) is 24.4 Å². The van der Waals surface area contributed by atoms with Crippen molar-refractivity contribution in [2.75, 3.05) is 50.5 Å². The number of methoxy groups -OCH3 is 1. The van der Waals surface area contributed by atoms with Crippen LogP contribution < -0.4 is 15.8 Å². The van der Waals surface area contributed by atoms with Gasteiger partial charge in [-0.2, -0.15) is 4.98 Å². The minimum absolute atomic E-state index is 0.197. The summed E-state index contributed by atoms with van der Waals surface area (Å²) in [5.41, 5.74) is 0.409. The van der Waals surface area contributed by atoms with E-state index in [2.05, 4.69) is 32.0 Å². The van der Waals surface area contributed by atoms with E-state index in [-0.39, 0.29) is 17.9 Å². The molecule has 29 heavy (non-hydrogen) atoms. The predicted octanol–water partition coefficient (Wildman–Crippen LogP) is -0.151. The number of rotatable bonds is 8. The third-order valence-corrected chi connectivity index (χ3v) is 5.43. The molecule has 3 rings (SSSR count). The Morgan fingerprint density at radius 1 is 1.31 bits per heavy atom. The van der Waals surface area contributed by atoms with Gasteiger partial charge in [0.05, 0.1) is 25.4 Å². The number of ether oxygens (including phenoxy) is 1. The Morgan fingerprint density at radius 2 is 2.07 bits per heavy atom. The van der Waals surface area contributed by atoms with Crippen LogP contribution in [0.5, 0.6) is 0 Å². The average Bonchev–Trinajstić information content (AvgIpc) is 3.09. The number of nitrogens with one attached hydrogen (secondary N) is 1. The summed E-state index contributed by atoms with van der Waals surface area (Å²) in [6.07, 6.45) is 0. The highest BCUT2D eigenvalue weighted by molar-refractivity contribution is 7.99. The maximum atomic E-state index is 13.3. The molecule has 2 aromatic rings. The van der Waals surface area contributed by atoms with Crippen molar-refractivity contribution in [1.29, 1.82) is 0 Å². The van der Waals surface area contributed by atoms with Gasteiger partial charge < -0.3 is 20.1 Å². The number of imidazole rings is 1. The van der Waals surface area contributed by atoms with Crippen LogP contribution >= 0.6 is 11.8 Å². The number of carboxylic acids is 1. The number of hydrogen-bond donors (Lipinski definition) is 2. The zero-order chi connectivity index (χ0) is 20.8. The predicted molar refractivity (Wildman–Crippen MR) is 111 cm³/mol. The molecule has 1 fully saturated rings. The molecule has 0 radical (unpaired) electrons. The van der Waals surface area contributed by atoms with Gasteiger partial charge in [-0.15, -0.1) is 5.92 Å². The Bertz CT molecular complexity index is 1000. The summed E-state index contributed by atoms with van der Waals surface area (Å²) in [7, 11) is 1.55. The summed E-state index contributed by atoms with van der Waals surface area (Å²) in [6.45, 7) is 5.84. The normalized spacial score (nSPS) is 14.1. The van der Waals surface area contributed by atoms with Crippen molar-refractivity contribution in [2.45, 2.75) is 25.2 Å². The number of carboxylic acid groups (broad SMARTS) is 1. The smallest absolute Gasteiger partial charge is 0.313 e. The van der Waals surface area contributed by atoms with Gasteiger partial charge in [0.1, 0.15) is 0 Å². The van der Waals surface area contributed by atoms with E-state index >= 15 is 0 Å². The molecular weight excluding hydrogens is 396 g/mol. The molecule has 2 aromatic heterocycles. The van der Waals surface area contributed by atoms with E-state index in [0.717, 1.165) is 37.9 Å². The Hall–Kier alpha value is -2.55. The zero-order valence-electron chi connectivity index (χ0n) is 16.5. The number of fused-ring (bicyclic) bond motifs is 1. The van der Waals surface area contributed by atoms with E-state index in [1.807, 2.05) is 0 Å². The first-order valence-electron chi connectivity index (χ1n) is 9.26. The van der Waals surface area contributed by atoms with E-state index in [9.17, 15) is 9.59 Å². The number of aliphatic carboxylic acids is 1. The van der Waals surface area contributed by atoms with Crippen LogP contribution in [-0.2, 0) is 22.6 Å². The fraction of sp³-hybridized carbons (Fsp3) is 0.556. The Balaban J connectivity index is 2.17. The second-order valence-corrected chi connectivity index (χ2v) is 7.30. The van der Waals surface area contributed by atoms with Crippen LogP contribution in [0.4, 0.5) is 5.95 Å². The molecule has 156 valence electrons. The Morgan fingerprint density at radius 3 is 2.72 bits per heavy atom. The maximum absolute atomic E-state index is 13.3. The minimum Gasteiger partial charge on any atom is -0.481 e. The number of nitrogens with zero attached hydrogens (tertiary/aromatic N) is 5. The summed E-state index contributed by atoms with van der Waals surface area (Å²) < 4.78 is 8.38. The van der Waals surface area contributed by atoms with Gasteiger partial charge in [0, 0.05) is 33.3 Å². The molecular formula is C18H24N6O4S. The third-order valence-electron chi connectivity index (χ3n) is 4.47. The van der Waals surface area contributed by atoms with Crippen molar-refractivity contribution < 1.29 is 14.6 Å². The number of carbonyl (C=O) groups is 1. The van der Waals surface area contributed by atoms with Gasteiger partial charge in [-0.1, -0.05) is 17.7 Å². The van der Waals surface area contributed by atoms with Crippen LogP contribution in [0.2, 0.25) is 0 Å². The summed E-state index contributed by atoms with van der Waals surface area (Å²) in [6, 6.07) is 0. The molecule has 2 N–H and O–H groups in total. The molecule has 0 aliphatic carbocycles. The Labute approximate surface area is 172 Å². The van der Waals surface area contributed by atoms with E-state index in [0.29, 0.717) is 35.4 Å². The second-order valence-electron chi connectivity index (χ2n) is 6.36. The molecule has 1 saturated heterocycles. The second kappa shape index (κ2) is 9.78. The number of anilines is 1. The van der Waals surface area contributed by atoms with Crippen LogP contribution in [0.1, 0.15) is 6.92 Å². The van der Waals surface area contributed by atoms with Crippen molar-refractivity contribution >= 4 is 34.8 Å². The minimum atomic E-state index is -0.979. The van der Waals surface area contributed by atoms with Gasteiger partial charge >= 0.3 is 5.97 Å². The SMILES string of the molecule is CC#CCn1c(N2CCNCC2)nc2nc(SCC(=O)O)n(CCOC)c(=O)c21. The maximum Gasteiger partial charge on any atom is 0.313 e. The zero-order valence-corrected chi connectivity index (χ0v) is 17.3. The van der Waals surface area contributed by atoms with Crippen molar-refractivity contribution in [3.63, 3.8) is 0 Å². The van der Waals surface area contributed by atoms with Gasteiger partial charge in [0.2, 0.25) is 5.95 Å². The van der Waals surface area contributed by atoms with Gasteiger partial charge in [-0.25, -0.2) is 4.98 Å². The monoisotopic (exact) mass is 420 g/mol. The number of thioether (sulfide) groups is 1. The summed E-state index contributed by atoms with van der Waals surface area (Å²) in [5.74, 6) is 5.36. The van der Waals surface area contributed by atoms with E-state index < -0.39 is 5.97 Å². The molecule has 1 aliphatic heterocycles. The van der Waals surface area contributed by atoms with Crippen LogP contribution in [0.15, 0.2) is 9.95 Å². The molecule has 0 spiro atoms. The molecule has 0 amide bonds.